The van der Waals surface area contributed by atoms with Gasteiger partial charge in [-0.25, -0.2) is 18.2 Å². The van der Waals surface area contributed by atoms with Gasteiger partial charge in [0.15, 0.2) is 5.82 Å². The van der Waals surface area contributed by atoms with E-state index in [1.54, 1.807) is 13.8 Å². The van der Waals surface area contributed by atoms with Gasteiger partial charge in [-0.1, -0.05) is 11.6 Å². The van der Waals surface area contributed by atoms with E-state index in [4.69, 9.17) is 21.1 Å². The van der Waals surface area contributed by atoms with Crippen LogP contribution in [0.5, 0.6) is 0 Å². The van der Waals surface area contributed by atoms with Gasteiger partial charge in [-0.3, -0.25) is 4.72 Å². The highest BCUT2D eigenvalue weighted by molar-refractivity contribution is 7.92. The van der Waals surface area contributed by atoms with Crippen molar-refractivity contribution in [1.82, 2.24) is 4.98 Å². The maximum absolute atomic E-state index is 11.9. The maximum Gasteiger partial charge on any atom is 0.339 e. The zero-order valence-corrected chi connectivity index (χ0v) is 13.5. The summed E-state index contributed by atoms with van der Waals surface area (Å²) >= 11 is 5.99. The van der Waals surface area contributed by atoms with Crippen molar-refractivity contribution in [2.45, 2.75) is 20.0 Å². The lowest BCUT2D eigenvalue weighted by Crippen LogP contribution is -2.26. The number of methoxy groups -OCH3 is 1. The van der Waals surface area contributed by atoms with E-state index in [0.717, 1.165) is 0 Å². The van der Waals surface area contributed by atoms with Gasteiger partial charge in [0.05, 0.1) is 29.0 Å². The van der Waals surface area contributed by atoms with E-state index < -0.39 is 22.1 Å². The summed E-state index contributed by atoms with van der Waals surface area (Å²) in [6.45, 7) is 3.45. The second-order valence-electron chi connectivity index (χ2n) is 4.17. The van der Waals surface area contributed by atoms with E-state index in [1.807, 2.05) is 0 Å². The molecule has 0 radical (unpaired) electrons. The average molecular weight is 337 g/mol. The number of sulfonamides is 1. The van der Waals surface area contributed by atoms with Crippen LogP contribution in [0.2, 0.25) is 5.02 Å². The van der Waals surface area contributed by atoms with E-state index in [0.29, 0.717) is 0 Å². The third kappa shape index (κ3) is 5.14. The SMILES string of the molecule is CCOC(=O)c1ccnc(NS(=O)(=O)CC(C)OC)c1Cl. The molecule has 118 valence electrons. The fraction of sp³-hybridized carbons (Fsp3) is 0.500. The molecule has 0 bridgehead atoms. The lowest BCUT2D eigenvalue weighted by molar-refractivity contribution is 0.0526. The van der Waals surface area contributed by atoms with Gasteiger partial charge in [0.2, 0.25) is 10.0 Å². The summed E-state index contributed by atoms with van der Waals surface area (Å²) in [7, 11) is -2.29. The molecule has 1 unspecified atom stereocenters. The topological polar surface area (TPSA) is 94.6 Å². The van der Waals surface area contributed by atoms with Crippen molar-refractivity contribution in [2.75, 3.05) is 24.2 Å². The first kappa shape index (κ1) is 17.7. The number of rotatable bonds is 7. The Morgan fingerprint density at radius 1 is 1.52 bits per heavy atom. The van der Waals surface area contributed by atoms with Crippen LogP contribution < -0.4 is 4.72 Å². The average Bonchev–Trinajstić information content (AvgIpc) is 2.40. The Kier molecular flexibility index (Phi) is 6.38. The van der Waals surface area contributed by atoms with Crippen molar-refractivity contribution in [3.63, 3.8) is 0 Å². The molecule has 0 aliphatic carbocycles. The van der Waals surface area contributed by atoms with Gasteiger partial charge in [-0.15, -0.1) is 0 Å². The van der Waals surface area contributed by atoms with E-state index in [9.17, 15) is 13.2 Å². The first-order valence-electron chi connectivity index (χ1n) is 6.15. The van der Waals surface area contributed by atoms with Crippen molar-refractivity contribution in [2.24, 2.45) is 0 Å². The van der Waals surface area contributed by atoms with E-state index >= 15 is 0 Å². The number of halogens is 1. The molecule has 1 atom stereocenters. The van der Waals surface area contributed by atoms with Crippen LogP contribution in [-0.2, 0) is 19.5 Å². The number of carbonyl (C=O) groups is 1. The van der Waals surface area contributed by atoms with Crippen LogP contribution in [0.25, 0.3) is 0 Å². The van der Waals surface area contributed by atoms with Crippen LogP contribution in [0, 0.1) is 0 Å². The van der Waals surface area contributed by atoms with Gasteiger partial charge in [0, 0.05) is 13.3 Å². The van der Waals surface area contributed by atoms with Crippen molar-refractivity contribution < 1.29 is 22.7 Å². The zero-order chi connectivity index (χ0) is 16.0. The molecule has 0 saturated heterocycles. The largest absolute Gasteiger partial charge is 0.462 e. The Hall–Kier alpha value is -1.38. The quantitative estimate of drug-likeness (QED) is 0.761. The third-order valence-electron chi connectivity index (χ3n) is 2.49. The Morgan fingerprint density at radius 2 is 2.19 bits per heavy atom. The van der Waals surface area contributed by atoms with Gasteiger partial charge >= 0.3 is 5.97 Å². The number of ether oxygens (including phenoxy) is 2. The number of anilines is 1. The van der Waals surface area contributed by atoms with E-state index in [1.165, 1.54) is 19.4 Å². The molecule has 0 amide bonds. The molecule has 1 heterocycles. The maximum atomic E-state index is 11.9. The van der Waals surface area contributed by atoms with Gasteiger partial charge in [0.25, 0.3) is 0 Å². The molecule has 0 saturated carbocycles. The number of aromatic nitrogens is 1. The molecule has 9 heteroatoms. The van der Waals surface area contributed by atoms with Crippen LogP contribution in [0.1, 0.15) is 24.2 Å². The molecule has 1 N–H and O–H groups in total. The fourth-order valence-corrected chi connectivity index (χ4v) is 3.03. The summed E-state index contributed by atoms with van der Waals surface area (Å²) in [6.07, 6.45) is 0.782. The van der Waals surface area contributed by atoms with Gasteiger partial charge in [-0.05, 0) is 19.9 Å². The van der Waals surface area contributed by atoms with Crippen LogP contribution in [-0.4, -0.2) is 44.9 Å². The molecule has 0 aliphatic heterocycles. The fourth-order valence-electron chi connectivity index (χ4n) is 1.45. The summed E-state index contributed by atoms with van der Waals surface area (Å²) in [6, 6.07) is 1.36. The molecular weight excluding hydrogens is 320 g/mol. The summed E-state index contributed by atoms with van der Waals surface area (Å²) in [4.78, 5) is 15.5. The van der Waals surface area contributed by atoms with Crippen molar-refractivity contribution >= 4 is 33.4 Å². The molecule has 0 spiro atoms. The van der Waals surface area contributed by atoms with Gasteiger partial charge < -0.3 is 9.47 Å². The summed E-state index contributed by atoms with van der Waals surface area (Å²) in [5, 5.41) is -0.107. The standard InChI is InChI=1S/C12H17ClN2O5S/c1-4-20-12(16)9-5-6-14-11(10(9)13)15-21(17,18)7-8(2)19-3/h5-6,8H,4,7H2,1-3H3,(H,14,15). The van der Waals surface area contributed by atoms with E-state index in [-0.39, 0.29) is 28.8 Å². The lowest BCUT2D eigenvalue weighted by Gasteiger charge is -2.13. The van der Waals surface area contributed by atoms with Gasteiger partial charge in [0.1, 0.15) is 0 Å². The second kappa shape index (κ2) is 7.58. The van der Waals surface area contributed by atoms with Crippen LogP contribution in [0.4, 0.5) is 5.82 Å². The minimum Gasteiger partial charge on any atom is -0.462 e. The van der Waals surface area contributed by atoms with Crippen LogP contribution in [0.3, 0.4) is 0 Å². The molecule has 0 fully saturated rings. The van der Waals surface area contributed by atoms with E-state index in [2.05, 4.69) is 9.71 Å². The first-order valence-corrected chi connectivity index (χ1v) is 8.18. The lowest BCUT2D eigenvalue weighted by atomic mass is 10.2. The highest BCUT2D eigenvalue weighted by Crippen LogP contribution is 2.25. The Bertz CT molecular complexity index is 606. The second-order valence-corrected chi connectivity index (χ2v) is 6.32. The highest BCUT2D eigenvalue weighted by Gasteiger charge is 2.21. The number of hydrogen-bond donors (Lipinski definition) is 1. The van der Waals surface area contributed by atoms with Crippen LogP contribution in [0.15, 0.2) is 12.3 Å². The van der Waals surface area contributed by atoms with Crippen molar-refractivity contribution in [3.05, 3.63) is 22.8 Å². The number of esters is 1. The zero-order valence-electron chi connectivity index (χ0n) is 11.9. The smallest absolute Gasteiger partial charge is 0.339 e. The number of pyridine rings is 1. The molecule has 1 rings (SSSR count). The summed E-state index contributed by atoms with van der Waals surface area (Å²) in [5.41, 5.74) is 0.0472. The number of nitrogens with zero attached hydrogens (tertiary/aromatic N) is 1. The minimum atomic E-state index is -3.70. The molecule has 1 aromatic rings. The normalized spacial score (nSPS) is 12.8. The number of carbonyl (C=O) groups excluding carboxylic acids is 1. The van der Waals surface area contributed by atoms with Crippen molar-refractivity contribution in [3.8, 4) is 0 Å². The molecule has 21 heavy (non-hydrogen) atoms. The van der Waals surface area contributed by atoms with Crippen LogP contribution >= 0.6 is 11.6 Å². The monoisotopic (exact) mass is 336 g/mol. The Balaban J connectivity index is 3.00. The molecule has 0 aromatic carbocycles. The number of nitrogens with one attached hydrogen (secondary N) is 1. The molecular formula is C12H17ClN2O5S. The predicted octanol–water partition coefficient (Wildman–Crippen LogP) is 1.69. The third-order valence-corrected chi connectivity index (χ3v) is 4.29. The molecule has 1 aromatic heterocycles. The molecule has 7 nitrogen and oxygen atoms in total. The summed E-state index contributed by atoms with van der Waals surface area (Å²) < 4.78 is 35.8. The summed E-state index contributed by atoms with van der Waals surface area (Å²) in [5.74, 6) is -1.02. The molecule has 0 aliphatic rings. The predicted molar refractivity (Wildman–Crippen MR) is 79.1 cm³/mol. The minimum absolute atomic E-state index is 0.0472. The van der Waals surface area contributed by atoms with Gasteiger partial charge in [-0.2, -0.15) is 0 Å². The Labute approximate surface area is 128 Å². The highest BCUT2D eigenvalue weighted by atomic mass is 35.5. The Morgan fingerprint density at radius 3 is 2.76 bits per heavy atom. The van der Waals surface area contributed by atoms with Crippen molar-refractivity contribution in [1.29, 1.82) is 0 Å². The first-order chi connectivity index (χ1) is 9.80. The number of hydrogen-bond acceptors (Lipinski definition) is 6.